The van der Waals surface area contributed by atoms with E-state index in [9.17, 15) is 4.79 Å². The molecular weight excluding hydrogens is 410 g/mol. The molecule has 0 bridgehead atoms. The molecule has 0 saturated carbocycles. The van der Waals surface area contributed by atoms with Gasteiger partial charge >= 0.3 is 5.97 Å². The molecule has 0 aromatic rings. The second-order valence-corrected chi connectivity index (χ2v) is 8.84. The van der Waals surface area contributed by atoms with Gasteiger partial charge in [-0.25, -0.2) is 0 Å². The predicted molar refractivity (Wildman–Crippen MR) is 129 cm³/mol. The molecule has 4 nitrogen and oxygen atoms in total. The van der Waals surface area contributed by atoms with Crippen molar-refractivity contribution in [1.82, 2.24) is 0 Å². The Balaban J connectivity index is 0. The van der Waals surface area contributed by atoms with Gasteiger partial charge in [0.25, 0.3) is 0 Å². The monoisotopic (exact) mass is 463 g/mol. The Kier molecular flexibility index (Phi) is 25.8. The number of rotatable bonds is 23. The van der Waals surface area contributed by atoms with Crippen LogP contribution in [-0.4, -0.2) is 56.5 Å². The lowest BCUT2D eigenvalue weighted by molar-refractivity contribution is -0.923. The van der Waals surface area contributed by atoms with E-state index in [1.165, 1.54) is 70.6 Å². The highest BCUT2D eigenvalue weighted by Crippen LogP contribution is 2.13. The maximum Gasteiger partial charge on any atom is 0.305 e. The van der Waals surface area contributed by atoms with Crippen molar-refractivity contribution in [2.45, 2.75) is 118 Å². The van der Waals surface area contributed by atoms with E-state index in [1.807, 2.05) is 0 Å². The Hall–Kier alpha value is -0.320. The highest BCUT2D eigenvalue weighted by Gasteiger charge is 2.19. The number of carbonyl (C=O) groups is 1. The number of quaternary nitrogens is 1. The number of hydrogen-bond acceptors (Lipinski definition) is 3. The molecule has 188 valence electrons. The molecule has 0 radical (unpaired) electrons. The number of nitrogens with zero attached hydrogens (tertiary/aromatic N) is 1. The Morgan fingerprint density at radius 3 is 1.52 bits per heavy atom. The van der Waals surface area contributed by atoms with Gasteiger partial charge in [-0.3, -0.25) is 4.79 Å². The van der Waals surface area contributed by atoms with Gasteiger partial charge in [-0.05, 0) is 27.2 Å². The molecule has 0 unspecified atom stereocenters. The second kappa shape index (κ2) is 24.3. The summed E-state index contributed by atoms with van der Waals surface area (Å²) >= 11 is 0. The summed E-state index contributed by atoms with van der Waals surface area (Å²) in [7, 11) is 0. The summed E-state index contributed by atoms with van der Waals surface area (Å²) in [6.45, 7) is 15.1. The van der Waals surface area contributed by atoms with Crippen LogP contribution in [0.1, 0.15) is 118 Å². The highest BCUT2D eigenvalue weighted by molar-refractivity contribution is 5.69. The van der Waals surface area contributed by atoms with Gasteiger partial charge in [-0.15, -0.1) is 0 Å². The molecular formula is C26H54ClNO3. The maximum absolute atomic E-state index is 11.8. The topological polar surface area (TPSA) is 35.5 Å². The first-order chi connectivity index (χ1) is 14.6. The molecule has 0 aliphatic carbocycles. The van der Waals surface area contributed by atoms with Gasteiger partial charge in [-0.2, -0.15) is 0 Å². The number of likely N-dealkylation sites (N-methyl/N-ethyl adjacent to an activating group) is 1. The SMILES string of the molecule is CCCCCCCCCCCCCCCC(=O)OCCOCC[N+](CC)(CC)CC.[Cl-]. The lowest BCUT2D eigenvalue weighted by Crippen LogP contribution is -3.00. The quantitative estimate of drug-likeness (QED) is 0.131. The third-order valence-electron chi connectivity index (χ3n) is 6.70. The van der Waals surface area contributed by atoms with Gasteiger partial charge in [0.15, 0.2) is 0 Å². The molecule has 0 atom stereocenters. The molecule has 0 aromatic heterocycles. The zero-order valence-corrected chi connectivity index (χ0v) is 22.2. The van der Waals surface area contributed by atoms with E-state index in [0.717, 1.165) is 50.1 Å². The summed E-state index contributed by atoms with van der Waals surface area (Å²) < 4.78 is 12.1. The molecule has 0 saturated heterocycles. The van der Waals surface area contributed by atoms with E-state index < -0.39 is 0 Å². The number of hydrogen-bond donors (Lipinski definition) is 0. The summed E-state index contributed by atoms with van der Waals surface area (Å²) in [6, 6.07) is 0. The predicted octanol–water partition coefficient (Wildman–Crippen LogP) is 3.91. The third-order valence-corrected chi connectivity index (χ3v) is 6.70. The van der Waals surface area contributed by atoms with Crippen LogP contribution in [0.2, 0.25) is 0 Å². The average Bonchev–Trinajstić information content (AvgIpc) is 2.77. The molecule has 5 heteroatoms. The standard InChI is InChI=1S/C26H54NO3.ClH/c1-5-9-10-11-12-13-14-15-16-17-18-19-20-21-26(28)30-25-24-29-23-22-27(6-2,7-3)8-4;/h5-25H2,1-4H3;1H/q+1;/p-1. The van der Waals surface area contributed by atoms with Gasteiger partial charge in [0.1, 0.15) is 13.2 Å². The van der Waals surface area contributed by atoms with Crippen molar-refractivity contribution in [2.75, 3.05) is 46.0 Å². The lowest BCUT2D eigenvalue weighted by atomic mass is 10.0. The Labute approximate surface area is 200 Å². The number of halogens is 1. The van der Waals surface area contributed by atoms with Crippen LogP contribution in [0.3, 0.4) is 0 Å². The first-order valence-corrected chi connectivity index (χ1v) is 13.2. The normalized spacial score (nSPS) is 11.4. The molecule has 0 aliphatic rings. The fourth-order valence-corrected chi connectivity index (χ4v) is 4.08. The van der Waals surface area contributed by atoms with E-state index in [4.69, 9.17) is 9.47 Å². The molecule has 31 heavy (non-hydrogen) atoms. The number of ether oxygens (including phenoxy) is 2. The van der Waals surface area contributed by atoms with Gasteiger partial charge in [0.05, 0.1) is 32.8 Å². The Bertz CT molecular complexity index is 367. The van der Waals surface area contributed by atoms with Gasteiger partial charge in [0.2, 0.25) is 0 Å². The number of esters is 1. The van der Waals surface area contributed by atoms with Crippen LogP contribution < -0.4 is 12.4 Å². The number of unbranched alkanes of at least 4 members (excludes halogenated alkanes) is 12. The van der Waals surface area contributed by atoms with E-state index in [1.54, 1.807) is 0 Å². The fourth-order valence-electron chi connectivity index (χ4n) is 4.08. The highest BCUT2D eigenvalue weighted by atomic mass is 35.5. The molecule has 0 fully saturated rings. The first kappa shape index (κ1) is 32.9. The fraction of sp³-hybridized carbons (Fsp3) is 0.962. The summed E-state index contributed by atoms with van der Waals surface area (Å²) in [5, 5.41) is 0. The van der Waals surface area contributed by atoms with Crippen molar-refractivity contribution in [3.8, 4) is 0 Å². The zero-order chi connectivity index (χ0) is 22.3. The summed E-state index contributed by atoms with van der Waals surface area (Å²) in [4.78, 5) is 11.8. The maximum atomic E-state index is 11.8. The summed E-state index contributed by atoms with van der Waals surface area (Å²) in [5.41, 5.74) is 0. The van der Waals surface area contributed by atoms with Crippen LogP contribution in [0.15, 0.2) is 0 Å². The van der Waals surface area contributed by atoms with Gasteiger partial charge in [-0.1, -0.05) is 84.0 Å². The Morgan fingerprint density at radius 1 is 0.613 bits per heavy atom. The minimum Gasteiger partial charge on any atom is -1.00 e. The van der Waals surface area contributed by atoms with Crippen molar-refractivity contribution < 1.29 is 31.2 Å². The minimum atomic E-state index is -0.0672. The van der Waals surface area contributed by atoms with Crippen LogP contribution >= 0.6 is 0 Å². The van der Waals surface area contributed by atoms with Crippen molar-refractivity contribution in [3.05, 3.63) is 0 Å². The van der Waals surface area contributed by atoms with Crippen LogP contribution in [0.5, 0.6) is 0 Å². The summed E-state index contributed by atoms with van der Waals surface area (Å²) in [5.74, 6) is -0.0672. The smallest absolute Gasteiger partial charge is 0.305 e. The van der Waals surface area contributed by atoms with Crippen LogP contribution in [-0.2, 0) is 14.3 Å². The van der Waals surface area contributed by atoms with Crippen LogP contribution in [0.4, 0.5) is 0 Å². The average molecular weight is 464 g/mol. The zero-order valence-electron chi connectivity index (χ0n) is 21.4. The van der Waals surface area contributed by atoms with Gasteiger partial charge in [0, 0.05) is 6.42 Å². The molecule has 0 spiro atoms. The lowest BCUT2D eigenvalue weighted by Gasteiger charge is -2.35. The summed E-state index contributed by atoms with van der Waals surface area (Å²) in [6.07, 6.45) is 17.8. The Morgan fingerprint density at radius 2 is 1.06 bits per heavy atom. The van der Waals surface area contributed by atoms with Crippen molar-refractivity contribution in [2.24, 2.45) is 0 Å². The second-order valence-electron chi connectivity index (χ2n) is 8.84. The van der Waals surface area contributed by atoms with Crippen LogP contribution in [0.25, 0.3) is 0 Å². The largest absolute Gasteiger partial charge is 1.00 e. The van der Waals surface area contributed by atoms with Gasteiger partial charge < -0.3 is 26.4 Å². The van der Waals surface area contributed by atoms with Crippen molar-refractivity contribution in [3.63, 3.8) is 0 Å². The molecule has 0 rings (SSSR count). The van der Waals surface area contributed by atoms with E-state index >= 15 is 0 Å². The molecule has 0 N–H and O–H groups in total. The third kappa shape index (κ3) is 20.0. The number of carbonyl (C=O) groups excluding carboxylic acids is 1. The van der Waals surface area contributed by atoms with E-state index in [-0.39, 0.29) is 18.4 Å². The molecule has 0 aliphatic heterocycles. The first-order valence-electron chi connectivity index (χ1n) is 13.2. The van der Waals surface area contributed by atoms with E-state index in [0.29, 0.717) is 19.6 Å². The van der Waals surface area contributed by atoms with Crippen LogP contribution in [0, 0.1) is 0 Å². The minimum absolute atomic E-state index is 0. The van der Waals surface area contributed by atoms with Crippen molar-refractivity contribution in [1.29, 1.82) is 0 Å². The van der Waals surface area contributed by atoms with E-state index in [2.05, 4.69) is 27.7 Å². The molecule has 0 heterocycles. The molecule has 0 amide bonds. The van der Waals surface area contributed by atoms with Crippen molar-refractivity contribution >= 4 is 5.97 Å². The molecule has 0 aromatic carbocycles.